The van der Waals surface area contributed by atoms with Gasteiger partial charge in [0.2, 0.25) is 0 Å². The second-order valence-electron chi connectivity index (χ2n) is 4.59. The predicted octanol–water partition coefficient (Wildman–Crippen LogP) is 2.16. The van der Waals surface area contributed by atoms with Crippen molar-refractivity contribution in [2.45, 2.75) is 26.2 Å². The van der Waals surface area contributed by atoms with Crippen molar-refractivity contribution in [1.29, 1.82) is 5.26 Å². The molecule has 0 amide bonds. The predicted molar refractivity (Wildman–Crippen MR) is 68.6 cm³/mol. The number of pyridine rings is 1. The molecule has 2 N–H and O–H groups in total. The summed E-state index contributed by atoms with van der Waals surface area (Å²) >= 11 is 0. The molecule has 0 saturated carbocycles. The largest absolute Gasteiger partial charge is 0.396 e. The van der Waals surface area contributed by atoms with E-state index in [0.717, 1.165) is 24.8 Å². The van der Waals surface area contributed by atoms with E-state index in [-0.39, 0.29) is 0 Å². The highest BCUT2D eigenvalue weighted by Gasteiger charge is 2.20. The highest BCUT2D eigenvalue weighted by atomic mass is 15.2. The number of nitrogen functional groups attached to an aromatic ring is 1. The molecule has 0 aromatic carbocycles. The third-order valence-corrected chi connectivity index (χ3v) is 3.52. The normalized spacial score (nSPS) is 16.8. The molecule has 2 heterocycles. The first-order valence-corrected chi connectivity index (χ1v) is 6.15. The molecule has 0 radical (unpaired) electrons. The van der Waals surface area contributed by atoms with E-state index in [1.807, 2.05) is 0 Å². The van der Waals surface area contributed by atoms with Gasteiger partial charge in [0.15, 0.2) is 5.82 Å². The van der Waals surface area contributed by atoms with Gasteiger partial charge in [0.05, 0.1) is 11.3 Å². The van der Waals surface area contributed by atoms with E-state index in [1.54, 1.807) is 12.3 Å². The lowest BCUT2D eigenvalue weighted by Gasteiger charge is -2.32. The Kier molecular flexibility index (Phi) is 3.48. The minimum Gasteiger partial charge on any atom is -0.396 e. The first-order chi connectivity index (χ1) is 8.24. The first-order valence-electron chi connectivity index (χ1n) is 6.15. The Bertz CT molecular complexity index is 428. The van der Waals surface area contributed by atoms with Crippen LogP contribution < -0.4 is 10.6 Å². The van der Waals surface area contributed by atoms with Gasteiger partial charge in [0.25, 0.3) is 0 Å². The van der Waals surface area contributed by atoms with Crippen LogP contribution in [0.25, 0.3) is 0 Å². The van der Waals surface area contributed by atoms with E-state index in [0.29, 0.717) is 11.3 Å². The Morgan fingerprint density at radius 3 is 2.76 bits per heavy atom. The first kappa shape index (κ1) is 11.7. The van der Waals surface area contributed by atoms with Crippen LogP contribution in [-0.2, 0) is 0 Å². The van der Waals surface area contributed by atoms with Crippen molar-refractivity contribution >= 4 is 11.5 Å². The zero-order valence-corrected chi connectivity index (χ0v) is 10.2. The average molecular weight is 230 g/mol. The van der Waals surface area contributed by atoms with E-state index in [1.165, 1.54) is 19.3 Å². The van der Waals surface area contributed by atoms with E-state index in [4.69, 9.17) is 11.0 Å². The smallest absolute Gasteiger partial charge is 0.151 e. The van der Waals surface area contributed by atoms with Gasteiger partial charge in [-0.15, -0.1) is 0 Å². The van der Waals surface area contributed by atoms with Crippen LogP contribution in [0.15, 0.2) is 12.3 Å². The van der Waals surface area contributed by atoms with Gasteiger partial charge in [-0.25, -0.2) is 4.98 Å². The van der Waals surface area contributed by atoms with Gasteiger partial charge in [0.1, 0.15) is 6.07 Å². The Balaban J connectivity index is 2.11. The molecule has 1 saturated heterocycles. The molecule has 0 atom stereocenters. The molecule has 1 fully saturated rings. The molecule has 0 bridgehead atoms. The Morgan fingerprint density at radius 1 is 1.53 bits per heavy atom. The second-order valence-corrected chi connectivity index (χ2v) is 4.59. The summed E-state index contributed by atoms with van der Waals surface area (Å²) in [5.74, 6) is 1.67. The molecule has 17 heavy (non-hydrogen) atoms. The van der Waals surface area contributed by atoms with Crippen LogP contribution in [0.2, 0.25) is 0 Å². The summed E-state index contributed by atoms with van der Waals surface area (Å²) in [6, 6.07) is 3.76. The number of anilines is 2. The maximum atomic E-state index is 8.77. The second kappa shape index (κ2) is 5.05. The van der Waals surface area contributed by atoms with Crippen LogP contribution >= 0.6 is 0 Å². The number of nitrogens with two attached hydrogens (primary N) is 1. The van der Waals surface area contributed by atoms with Gasteiger partial charge in [-0.2, -0.15) is 5.26 Å². The highest BCUT2D eigenvalue weighted by molar-refractivity contribution is 5.64. The lowest BCUT2D eigenvalue weighted by molar-refractivity contribution is 0.394. The molecule has 0 aliphatic carbocycles. The number of hydrogen-bond donors (Lipinski definition) is 1. The fourth-order valence-corrected chi connectivity index (χ4v) is 2.35. The minimum atomic E-state index is 0.523. The fourth-order valence-electron chi connectivity index (χ4n) is 2.35. The highest BCUT2D eigenvalue weighted by Crippen LogP contribution is 2.27. The van der Waals surface area contributed by atoms with Crippen LogP contribution in [0.1, 0.15) is 31.7 Å². The SMILES string of the molecule is CCC1CCN(c2ncc(C#N)cc2N)CC1. The zero-order chi connectivity index (χ0) is 12.3. The van der Waals surface area contributed by atoms with Crippen LogP contribution in [0.3, 0.4) is 0 Å². The van der Waals surface area contributed by atoms with Gasteiger partial charge in [0, 0.05) is 19.3 Å². The summed E-state index contributed by atoms with van der Waals surface area (Å²) in [6.07, 6.45) is 5.26. The van der Waals surface area contributed by atoms with Gasteiger partial charge >= 0.3 is 0 Å². The third kappa shape index (κ3) is 2.50. The maximum Gasteiger partial charge on any atom is 0.151 e. The Hall–Kier alpha value is -1.76. The van der Waals surface area contributed by atoms with E-state index >= 15 is 0 Å². The minimum absolute atomic E-state index is 0.523. The molecule has 0 unspecified atom stereocenters. The summed E-state index contributed by atoms with van der Waals surface area (Å²) in [7, 11) is 0. The number of nitrogens with zero attached hydrogens (tertiary/aromatic N) is 3. The lowest BCUT2D eigenvalue weighted by Crippen LogP contribution is -2.34. The molecule has 1 aromatic rings. The molecular weight excluding hydrogens is 212 g/mol. The van der Waals surface area contributed by atoms with Crippen LogP contribution in [0, 0.1) is 17.2 Å². The van der Waals surface area contributed by atoms with Crippen molar-refractivity contribution in [3.63, 3.8) is 0 Å². The Labute approximate surface area is 102 Å². The van der Waals surface area contributed by atoms with Crippen LogP contribution in [0.5, 0.6) is 0 Å². The summed E-state index contributed by atoms with van der Waals surface area (Å²) in [6.45, 7) is 4.28. The quantitative estimate of drug-likeness (QED) is 0.845. The van der Waals surface area contributed by atoms with Crippen molar-refractivity contribution in [1.82, 2.24) is 4.98 Å². The standard InChI is InChI=1S/C13H18N4/c1-2-10-3-5-17(6-4-10)13-12(15)7-11(8-14)9-16-13/h7,9-10H,2-6,15H2,1H3. The van der Waals surface area contributed by atoms with Crippen LogP contribution in [0.4, 0.5) is 11.5 Å². The average Bonchev–Trinajstić information content (AvgIpc) is 2.39. The monoisotopic (exact) mass is 230 g/mol. The van der Waals surface area contributed by atoms with Crippen molar-refractivity contribution in [3.8, 4) is 6.07 Å². The summed E-state index contributed by atoms with van der Waals surface area (Å²) in [5, 5.41) is 8.77. The summed E-state index contributed by atoms with van der Waals surface area (Å²) in [4.78, 5) is 6.53. The van der Waals surface area contributed by atoms with Crippen LogP contribution in [-0.4, -0.2) is 18.1 Å². The third-order valence-electron chi connectivity index (χ3n) is 3.52. The maximum absolute atomic E-state index is 8.77. The molecule has 1 aromatic heterocycles. The van der Waals surface area contributed by atoms with E-state index in [9.17, 15) is 0 Å². The summed E-state index contributed by atoms with van der Waals surface area (Å²) in [5.41, 5.74) is 7.07. The molecule has 2 rings (SSSR count). The molecule has 4 nitrogen and oxygen atoms in total. The van der Waals surface area contributed by atoms with E-state index < -0.39 is 0 Å². The van der Waals surface area contributed by atoms with Crippen molar-refractivity contribution in [2.75, 3.05) is 23.7 Å². The fraction of sp³-hybridized carbons (Fsp3) is 0.538. The molecule has 1 aliphatic rings. The molecular formula is C13H18N4. The summed E-state index contributed by atoms with van der Waals surface area (Å²) < 4.78 is 0. The number of aromatic nitrogens is 1. The van der Waals surface area contributed by atoms with E-state index in [2.05, 4.69) is 22.9 Å². The topological polar surface area (TPSA) is 65.9 Å². The van der Waals surface area contributed by atoms with Crippen molar-refractivity contribution in [3.05, 3.63) is 17.8 Å². The van der Waals surface area contributed by atoms with Gasteiger partial charge in [-0.1, -0.05) is 13.3 Å². The number of piperidine rings is 1. The van der Waals surface area contributed by atoms with Gasteiger partial charge < -0.3 is 10.6 Å². The van der Waals surface area contributed by atoms with Gasteiger partial charge in [-0.05, 0) is 24.8 Å². The van der Waals surface area contributed by atoms with Crippen molar-refractivity contribution in [2.24, 2.45) is 5.92 Å². The number of hydrogen-bond acceptors (Lipinski definition) is 4. The zero-order valence-electron chi connectivity index (χ0n) is 10.2. The molecule has 1 aliphatic heterocycles. The number of rotatable bonds is 2. The van der Waals surface area contributed by atoms with Gasteiger partial charge in [-0.3, -0.25) is 0 Å². The molecule has 4 heteroatoms. The number of nitriles is 1. The molecule has 0 spiro atoms. The van der Waals surface area contributed by atoms with Crippen molar-refractivity contribution < 1.29 is 0 Å². The lowest BCUT2D eigenvalue weighted by atomic mass is 9.94. The Morgan fingerprint density at radius 2 is 2.24 bits per heavy atom. The molecule has 90 valence electrons.